The number of nitrogens with zero attached hydrogens (tertiary/aromatic N) is 1. The number of rotatable bonds is 8. The summed E-state index contributed by atoms with van der Waals surface area (Å²) in [5.74, 6) is 0.834. The van der Waals surface area contributed by atoms with Crippen LogP contribution in [0.3, 0.4) is 0 Å². The molecular formula is C25H29ClN2O4S2. The molecule has 182 valence electrons. The Labute approximate surface area is 210 Å². The minimum Gasteiger partial charge on any atom is -0.497 e. The third-order valence-corrected chi connectivity index (χ3v) is 9.30. The first kappa shape index (κ1) is 25.1. The zero-order valence-electron chi connectivity index (χ0n) is 19.0. The van der Waals surface area contributed by atoms with Gasteiger partial charge in [-0.2, -0.15) is 0 Å². The molecular weight excluding hydrogens is 492 g/mol. The summed E-state index contributed by atoms with van der Waals surface area (Å²) < 4.78 is 28.9. The van der Waals surface area contributed by atoms with Crippen molar-refractivity contribution in [1.82, 2.24) is 10.2 Å². The Kier molecular flexibility index (Phi) is 8.24. The van der Waals surface area contributed by atoms with Crippen molar-refractivity contribution in [3.63, 3.8) is 0 Å². The van der Waals surface area contributed by atoms with E-state index in [0.717, 1.165) is 16.2 Å². The van der Waals surface area contributed by atoms with Crippen LogP contribution in [0.25, 0.3) is 6.08 Å². The van der Waals surface area contributed by atoms with Crippen LogP contribution in [0.4, 0.5) is 0 Å². The van der Waals surface area contributed by atoms with Gasteiger partial charge in [0.15, 0.2) is 9.84 Å². The fourth-order valence-corrected chi connectivity index (χ4v) is 7.59. The highest BCUT2D eigenvalue weighted by atomic mass is 35.5. The van der Waals surface area contributed by atoms with Crippen LogP contribution in [0.15, 0.2) is 64.5 Å². The number of carbonyl (C=O) groups excluding carboxylic acids is 1. The highest BCUT2D eigenvalue weighted by Gasteiger charge is 2.39. The molecule has 0 aliphatic carbocycles. The second kappa shape index (κ2) is 11.2. The van der Waals surface area contributed by atoms with E-state index in [-0.39, 0.29) is 34.7 Å². The number of thioether (sulfide) groups is 1. The summed E-state index contributed by atoms with van der Waals surface area (Å²) in [6.45, 7) is 1.16. The van der Waals surface area contributed by atoms with E-state index in [9.17, 15) is 13.2 Å². The number of methoxy groups -OCH3 is 1. The van der Waals surface area contributed by atoms with Crippen molar-refractivity contribution in [2.24, 2.45) is 0 Å². The van der Waals surface area contributed by atoms with E-state index >= 15 is 0 Å². The Balaban J connectivity index is 1.46. The Morgan fingerprint density at radius 1 is 1.21 bits per heavy atom. The fourth-order valence-electron chi connectivity index (χ4n) is 4.42. The number of nitrogens with one attached hydrogen (secondary N) is 1. The first-order chi connectivity index (χ1) is 16.3. The molecule has 2 aromatic rings. The second-order valence-electron chi connectivity index (χ2n) is 8.71. The topological polar surface area (TPSA) is 75.7 Å². The lowest BCUT2D eigenvalue weighted by molar-refractivity contribution is -0.125. The predicted octanol–water partition coefficient (Wildman–Crippen LogP) is 3.81. The van der Waals surface area contributed by atoms with Crippen molar-refractivity contribution in [3.05, 3.63) is 65.2 Å². The van der Waals surface area contributed by atoms with Crippen LogP contribution in [0.2, 0.25) is 0 Å². The van der Waals surface area contributed by atoms with Crippen molar-refractivity contribution in [2.75, 3.05) is 31.7 Å². The molecule has 2 aliphatic rings. The van der Waals surface area contributed by atoms with E-state index in [2.05, 4.69) is 10.2 Å². The minimum absolute atomic E-state index is 0.0180. The van der Waals surface area contributed by atoms with E-state index in [4.69, 9.17) is 16.3 Å². The van der Waals surface area contributed by atoms with E-state index in [1.807, 2.05) is 60.7 Å². The van der Waals surface area contributed by atoms with Gasteiger partial charge in [-0.05, 0) is 48.7 Å². The summed E-state index contributed by atoms with van der Waals surface area (Å²) >= 11 is 8.34. The van der Waals surface area contributed by atoms with Crippen molar-refractivity contribution in [2.45, 2.75) is 35.1 Å². The Morgan fingerprint density at radius 2 is 1.94 bits per heavy atom. The molecule has 3 atom stereocenters. The summed E-state index contributed by atoms with van der Waals surface area (Å²) in [6, 6.07) is 17.1. The lowest BCUT2D eigenvalue weighted by atomic mass is 10.1. The third kappa shape index (κ3) is 6.78. The minimum atomic E-state index is -3.06. The Morgan fingerprint density at radius 3 is 2.59 bits per heavy atom. The summed E-state index contributed by atoms with van der Waals surface area (Å²) in [7, 11) is -1.42. The Hall–Kier alpha value is -2.00. The van der Waals surface area contributed by atoms with E-state index in [0.29, 0.717) is 31.0 Å². The molecule has 1 N–H and O–H groups in total. The van der Waals surface area contributed by atoms with Gasteiger partial charge in [-0.15, -0.1) is 11.8 Å². The van der Waals surface area contributed by atoms with Crippen LogP contribution < -0.4 is 10.1 Å². The molecule has 2 aromatic carbocycles. The average Bonchev–Trinajstić information content (AvgIpc) is 3.36. The highest BCUT2D eigenvalue weighted by Crippen LogP contribution is 2.34. The lowest BCUT2D eigenvalue weighted by Crippen LogP contribution is -2.47. The summed E-state index contributed by atoms with van der Waals surface area (Å²) in [4.78, 5) is 16.4. The van der Waals surface area contributed by atoms with Crippen molar-refractivity contribution < 1.29 is 17.9 Å². The number of sulfone groups is 1. The molecule has 0 unspecified atom stereocenters. The second-order valence-corrected chi connectivity index (χ2v) is 12.8. The molecule has 0 spiro atoms. The summed E-state index contributed by atoms with van der Waals surface area (Å²) in [5.41, 5.74) is 1.01. The number of ether oxygens (including phenoxy) is 1. The maximum absolute atomic E-state index is 13.2. The number of likely N-dealkylation sites (tertiary alicyclic amines) is 1. The number of benzene rings is 2. The molecule has 9 heteroatoms. The number of hydrogen-bond acceptors (Lipinski definition) is 6. The molecule has 1 amide bonds. The van der Waals surface area contributed by atoms with Gasteiger partial charge in [0, 0.05) is 34.3 Å². The summed E-state index contributed by atoms with van der Waals surface area (Å²) in [6.07, 6.45) is 3.06. The van der Waals surface area contributed by atoms with Gasteiger partial charge in [-0.3, -0.25) is 9.69 Å². The van der Waals surface area contributed by atoms with E-state index in [1.54, 1.807) is 18.9 Å². The highest BCUT2D eigenvalue weighted by molar-refractivity contribution is 8.00. The van der Waals surface area contributed by atoms with Crippen LogP contribution in [-0.2, 0) is 14.6 Å². The van der Waals surface area contributed by atoms with Crippen LogP contribution in [0.1, 0.15) is 18.4 Å². The van der Waals surface area contributed by atoms with Crippen LogP contribution in [0, 0.1) is 0 Å². The zero-order valence-corrected chi connectivity index (χ0v) is 21.4. The van der Waals surface area contributed by atoms with Gasteiger partial charge in [-0.1, -0.05) is 41.9 Å². The van der Waals surface area contributed by atoms with Crippen molar-refractivity contribution in [3.8, 4) is 5.75 Å². The van der Waals surface area contributed by atoms with Gasteiger partial charge in [0.1, 0.15) is 5.75 Å². The molecule has 2 heterocycles. The Bertz CT molecular complexity index is 1120. The standard InChI is InChI=1S/C25H29ClN2O4S2/c1-32-21-7-9-22(10-8-21)33-23-14-24(25(29)27-20-11-12-34(30,31)17-20)28(16-23)15-19(26)13-18-5-3-2-4-6-18/h2-10,13,20,23-24H,11-12,14-17H2,1H3,(H,27,29)/b19-13-/t20-,23+,24-/m0/s1. The zero-order chi connectivity index (χ0) is 24.1. The van der Waals surface area contributed by atoms with E-state index in [1.165, 1.54) is 0 Å². The van der Waals surface area contributed by atoms with Gasteiger partial charge >= 0.3 is 0 Å². The smallest absolute Gasteiger partial charge is 0.237 e. The largest absolute Gasteiger partial charge is 0.497 e. The molecule has 2 aliphatic heterocycles. The molecule has 6 nitrogen and oxygen atoms in total. The van der Waals surface area contributed by atoms with Gasteiger partial charge in [0.25, 0.3) is 0 Å². The number of halogens is 1. The monoisotopic (exact) mass is 520 g/mol. The maximum Gasteiger partial charge on any atom is 0.237 e. The van der Waals surface area contributed by atoms with Gasteiger partial charge in [0.2, 0.25) is 5.91 Å². The maximum atomic E-state index is 13.2. The van der Waals surface area contributed by atoms with Crippen molar-refractivity contribution >= 4 is 45.2 Å². The molecule has 4 rings (SSSR count). The van der Waals surface area contributed by atoms with Crippen LogP contribution >= 0.6 is 23.4 Å². The van der Waals surface area contributed by atoms with E-state index < -0.39 is 9.84 Å². The lowest BCUT2D eigenvalue weighted by Gasteiger charge is -2.24. The molecule has 0 radical (unpaired) electrons. The SMILES string of the molecule is COc1ccc(S[C@@H]2C[C@@H](C(=O)N[C@H]3CCS(=O)(=O)C3)N(C/C(Cl)=C/c3ccccc3)C2)cc1. The number of carbonyl (C=O) groups is 1. The summed E-state index contributed by atoms with van der Waals surface area (Å²) in [5, 5.41) is 3.84. The number of amides is 1. The van der Waals surface area contributed by atoms with Crippen LogP contribution in [-0.4, -0.2) is 68.3 Å². The van der Waals surface area contributed by atoms with Gasteiger partial charge in [0.05, 0.1) is 24.7 Å². The average molecular weight is 521 g/mol. The molecule has 34 heavy (non-hydrogen) atoms. The quantitative estimate of drug-likeness (QED) is 0.570. The van der Waals surface area contributed by atoms with Crippen LogP contribution in [0.5, 0.6) is 5.75 Å². The normalized spacial score (nSPS) is 24.8. The molecule has 0 bridgehead atoms. The van der Waals surface area contributed by atoms with Gasteiger partial charge < -0.3 is 10.1 Å². The fraction of sp³-hybridized carbons (Fsp3) is 0.400. The van der Waals surface area contributed by atoms with Crippen molar-refractivity contribution in [1.29, 1.82) is 0 Å². The molecule has 2 fully saturated rings. The molecule has 0 saturated carbocycles. The third-order valence-electron chi connectivity index (χ3n) is 6.09. The predicted molar refractivity (Wildman–Crippen MR) is 138 cm³/mol. The van der Waals surface area contributed by atoms with Gasteiger partial charge in [-0.25, -0.2) is 8.42 Å². The first-order valence-electron chi connectivity index (χ1n) is 11.3. The first-order valence-corrected chi connectivity index (χ1v) is 14.4. The number of hydrogen-bond donors (Lipinski definition) is 1. The molecule has 0 aromatic heterocycles. The molecule has 2 saturated heterocycles.